The van der Waals surface area contributed by atoms with Crippen LogP contribution in [0, 0.1) is 0 Å². The zero-order chi connectivity index (χ0) is 16.6. The van der Waals surface area contributed by atoms with Crippen molar-refractivity contribution in [2.45, 2.75) is 68.3 Å². The van der Waals surface area contributed by atoms with Gasteiger partial charge in [-0.15, -0.1) is 0 Å². The van der Waals surface area contributed by atoms with Crippen LogP contribution in [0.2, 0.25) is 0 Å². The zero-order valence-electron chi connectivity index (χ0n) is 11.8. The first-order valence-electron chi connectivity index (χ1n) is 6.93. The summed E-state index contributed by atoms with van der Waals surface area (Å²) in [5.74, 6) is 0. The second kappa shape index (κ2) is 7.01. The Hall–Kier alpha value is -0.400. The molecule has 0 radical (unpaired) electrons. The lowest BCUT2D eigenvalue weighted by Gasteiger charge is -2.44. The molecular weight excluding hydrogens is 304 g/mol. The fourth-order valence-electron chi connectivity index (χ4n) is 2.51. The van der Waals surface area contributed by atoms with Gasteiger partial charge in [0.25, 0.3) is 0 Å². The Morgan fingerprint density at radius 3 is 2.05 bits per heavy atom. The Labute approximate surface area is 126 Å². The molecule has 0 aliphatic carbocycles. The van der Waals surface area contributed by atoms with Gasteiger partial charge in [-0.25, -0.2) is 0 Å². The van der Waals surface area contributed by atoms with Gasteiger partial charge in [-0.05, 0) is 6.92 Å². The van der Waals surface area contributed by atoms with E-state index in [0.717, 1.165) is 0 Å². The third-order valence-corrected chi connectivity index (χ3v) is 3.94. The van der Waals surface area contributed by atoms with Gasteiger partial charge in [-0.2, -0.15) is 0 Å². The Kier molecular flexibility index (Phi) is 5.72. The molecule has 10 heteroatoms. The molecule has 0 unspecified atom stereocenters. The fourth-order valence-corrected chi connectivity index (χ4v) is 2.51. The molecule has 130 valence electrons. The minimum atomic E-state index is -1.71. The van der Waals surface area contributed by atoms with E-state index in [1.807, 2.05) is 0 Å². The van der Waals surface area contributed by atoms with Crippen molar-refractivity contribution in [2.75, 3.05) is 6.61 Å². The molecule has 0 aromatic carbocycles. The summed E-state index contributed by atoms with van der Waals surface area (Å²) < 4.78 is 15.3. The molecule has 2 aliphatic heterocycles. The molecule has 2 aliphatic rings. The first kappa shape index (κ1) is 17.9. The second-order valence-electron chi connectivity index (χ2n) is 5.51. The number of rotatable bonds is 3. The third kappa shape index (κ3) is 3.26. The molecule has 0 aromatic heterocycles. The van der Waals surface area contributed by atoms with E-state index in [1.165, 1.54) is 6.92 Å². The van der Waals surface area contributed by atoms with E-state index in [9.17, 15) is 30.6 Å². The smallest absolute Gasteiger partial charge is 0.187 e. The van der Waals surface area contributed by atoms with Crippen LogP contribution in [0.4, 0.5) is 0 Å². The van der Waals surface area contributed by atoms with Gasteiger partial charge >= 0.3 is 0 Å². The number of ether oxygens (including phenoxy) is 3. The molecule has 22 heavy (non-hydrogen) atoms. The quantitative estimate of drug-likeness (QED) is 0.269. The van der Waals surface area contributed by atoms with Gasteiger partial charge in [0.1, 0.15) is 42.7 Å². The van der Waals surface area contributed by atoms with Crippen molar-refractivity contribution >= 4 is 0 Å². The maximum absolute atomic E-state index is 9.99. The van der Waals surface area contributed by atoms with E-state index < -0.39 is 68.0 Å². The Morgan fingerprint density at radius 2 is 1.45 bits per heavy atom. The summed E-state index contributed by atoms with van der Waals surface area (Å²) in [6.07, 6.45) is -14.3. The predicted octanol–water partition coefficient (Wildman–Crippen LogP) is -4.37. The van der Waals surface area contributed by atoms with Gasteiger partial charge in [-0.3, -0.25) is 0 Å². The molecule has 2 saturated heterocycles. The first-order chi connectivity index (χ1) is 10.3. The topological polar surface area (TPSA) is 169 Å². The monoisotopic (exact) mass is 326 g/mol. The zero-order valence-corrected chi connectivity index (χ0v) is 11.8. The van der Waals surface area contributed by atoms with Crippen molar-refractivity contribution in [3.8, 4) is 0 Å². The standard InChI is InChI=1S/C12H22O10/c1-3-5(14)7(16)8(17)12(20-3)22-10-6(15)4(2-13)21-11(19)9(10)18/h3-19H,2H2,1H3/t3-,4-,5+,6-,7-,8+,9+,10-,11+,12-/m0/s1. The maximum Gasteiger partial charge on any atom is 0.187 e. The highest BCUT2D eigenvalue weighted by Gasteiger charge is 2.49. The molecule has 10 nitrogen and oxygen atoms in total. The van der Waals surface area contributed by atoms with Crippen LogP contribution in [0.15, 0.2) is 0 Å². The Morgan fingerprint density at radius 1 is 0.818 bits per heavy atom. The molecule has 7 N–H and O–H groups in total. The lowest BCUT2D eigenvalue weighted by molar-refractivity contribution is -0.352. The molecule has 10 atom stereocenters. The van der Waals surface area contributed by atoms with Gasteiger partial charge in [0.05, 0.1) is 12.7 Å². The molecule has 2 rings (SSSR count). The number of aliphatic hydroxyl groups is 7. The normalized spacial score (nSPS) is 53.5. The van der Waals surface area contributed by atoms with Crippen LogP contribution in [-0.4, -0.2) is 104 Å². The van der Waals surface area contributed by atoms with Crippen molar-refractivity contribution in [1.29, 1.82) is 0 Å². The molecule has 0 amide bonds. The first-order valence-corrected chi connectivity index (χ1v) is 6.93. The van der Waals surface area contributed by atoms with E-state index in [0.29, 0.717) is 0 Å². The summed E-state index contributed by atoms with van der Waals surface area (Å²) in [7, 11) is 0. The van der Waals surface area contributed by atoms with Crippen LogP contribution >= 0.6 is 0 Å². The average Bonchev–Trinajstić information content (AvgIpc) is 2.50. The van der Waals surface area contributed by atoms with Crippen LogP contribution in [-0.2, 0) is 14.2 Å². The molecule has 0 saturated carbocycles. The van der Waals surface area contributed by atoms with E-state index in [-0.39, 0.29) is 0 Å². The largest absolute Gasteiger partial charge is 0.394 e. The molecule has 2 heterocycles. The molecule has 2 fully saturated rings. The fraction of sp³-hybridized carbons (Fsp3) is 1.00. The highest BCUT2D eigenvalue weighted by atomic mass is 16.7. The van der Waals surface area contributed by atoms with Gasteiger partial charge in [-0.1, -0.05) is 0 Å². The van der Waals surface area contributed by atoms with Crippen molar-refractivity contribution in [1.82, 2.24) is 0 Å². The van der Waals surface area contributed by atoms with Crippen molar-refractivity contribution < 1.29 is 50.0 Å². The van der Waals surface area contributed by atoms with E-state index in [2.05, 4.69) is 0 Å². The van der Waals surface area contributed by atoms with Crippen LogP contribution in [0.1, 0.15) is 6.92 Å². The van der Waals surface area contributed by atoms with Gasteiger partial charge in [0.2, 0.25) is 0 Å². The number of hydrogen-bond acceptors (Lipinski definition) is 10. The molecule has 0 spiro atoms. The van der Waals surface area contributed by atoms with Crippen molar-refractivity contribution in [3.63, 3.8) is 0 Å². The highest BCUT2D eigenvalue weighted by Crippen LogP contribution is 2.28. The molecule has 0 aromatic rings. The van der Waals surface area contributed by atoms with Gasteiger partial charge in [0.15, 0.2) is 12.6 Å². The summed E-state index contributed by atoms with van der Waals surface area (Å²) in [5, 5.41) is 67.6. The van der Waals surface area contributed by atoms with Crippen molar-refractivity contribution in [2.24, 2.45) is 0 Å². The summed E-state index contributed by atoms with van der Waals surface area (Å²) >= 11 is 0. The van der Waals surface area contributed by atoms with Gasteiger partial charge < -0.3 is 50.0 Å². The Bertz CT molecular complexity index is 368. The lowest BCUT2D eigenvalue weighted by Crippen LogP contribution is -2.63. The SMILES string of the molecule is C[C@@H]1O[C@@H](O[C@@H]2[C@@H](O)[C@H](O)O[C@@H](CO)[C@@H]2O)[C@H](O)[C@@H](O)[C@@H]1O. The van der Waals surface area contributed by atoms with E-state index >= 15 is 0 Å². The number of hydrogen-bond donors (Lipinski definition) is 7. The van der Waals surface area contributed by atoms with E-state index in [1.54, 1.807) is 0 Å². The van der Waals surface area contributed by atoms with Crippen LogP contribution < -0.4 is 0 Å². The molecular formula is C12H22O10. The summed E-state index contributed by atoms with van der Waals surface area (Å²) in [5.41, 5.74) is 0. The highest BCUT2D eigenvalue weighted by molar-refractivity contribution is 4.93. The average molecular weight is 326 g/mol. The third-order valence-electron chi connectivity index (χ3n) is 3.94. The lowest BCUT2D eigenvalue weighted by atomic mass is 9.97. The predicted molar refractivity (Wildman–Crippen MR) is 67.2 cm³/mol. The minimum Gasteiger partial charge on any atom is -0.394 e. The number of aliphatic hydroxyl groups excluding tert-OH is 7. The summed E-state index contributed by atoms with van der Waals surface area (Å²) in [4.78, 5) is 0. The van der Waals surface area contributed by atoms with Crippen LogP contribution in [0.25, 0.3) is 0 Å². The summed E-state index contributed by atoms with van der Waals surface area (Å²) in [6, 6.07) is 0. The van der Waals surface area contributed by atoms with Gasteiger partial charge in [0, 0.05) is 0 Å². The van der Waals surface area contributed by atoms with Crippen LogP contribution in [0.5, 0.6) is 0 Å². The maximum atomic E-state index is 9.99. The molecule has 0 bridgehead atoms. The van der Waals surface area contributed by atoms with Crippen molar-refractivity contribution in [3.05, 3.63) is 0 Å². The Balaban J connectivity index is 2.10. The summed E-state index contributed by atoms with van der Waals surface area (Å²) in [6.45, 7) is 0.814. The van der Waals surface area contributed by atoms with Crippen LogP contribution in [0.3, 0.4) is 0 Å². The van der Waals surface area contributed by atoms with E-state index in [4.69, 9.17) is 19.3 Å². The second-order valence-corrected chi connectivity index (χ2v) is 5.51. The minimum absolute atomic E-state index is 0.628.